The topological polar surface area (TPSA) is 40.5 Å². The van der Waals surface area contributed by atoms with E-state index in [0.717, 1.165) is 6.42 Å². The van der Waals surface area contributed by atoms with E-state index in [-0.39, 0.29) is 17.0 Å². The van der Waals surface area contributed by atoms with Gasteiger partial charge in [-0.25, -0.2) is 0 Å². The first-order valence-corrected chi connectivity index (χ1v) is 9.99. The minimum atomic E-state index is -1.89. The van der Waals surface area contributed by atoms with Crippen LogP contribution < -0.4 is 0 Å². The molecule has 1 N–H and O–H groups in total. The summed E-state index contributed by atoms with van der Waals surface area (Å²) >= 11 is 0. The second-order valence-corrected chi connectivity index (χ2v) is 12.6. The molecule has 0 spiro atoms. The normalized spacial score (nSPS) is 30.0. The molecule has 0 bridgehead atoms. The molecule has 0 radical (unpaired) electrons. The first-order valence-electron chi connectivity index (χ1n) is 7.05. The number of aliphatic hydroxyl groups is 1. The Kier molecular flexibility index (Phi) is 4.10. The lowest BCUT2D eigenvalue weighted by Gasteiger charge is -2.64. The van der Waals surface area contributed by atoms with Gasteiger partial charge in [0.15, 0.2) is 8.24 Å². The molecule has 0 aromatic carbocycles. The quantitative estimate of drug-likeness (QED) is 0.489. The number of nitrogens with zero attached hydrogens (tertiary/aromatic N) is 1. The molecule has 3 nitrogen and oxygen atoms in total. The molecule has 0 aromatic rings. The van der Waals surface area contributed by atoms with Crippen LogP contribution in [0.2, 0.25) is 18.1 Å². The molecule has 0 saturated carbocycles. The van der Waals surface area contributed by atoms with Crippen LogP contribution >= 0.6 is 0 Å². The second kappa shape index (κ2) is 4.74. The smallest absolute Gasteiger partial charge is 0.225 e. The van der Waals surface area contributed by atoms with E-state index in [0.29, 0.717) is 0 Å². The average molecular weight is 283 g/mol. The van der Waals surface area contributed by atoms with E-state index in [2.05, 4.69) is 45.0 Å². The molecular formula is C15H29NO2Si. The summed E-state index contributed by atoms with van der Waals surface area (Å²) in [4.78, 5) is 12.7. The summed E-state index contributed by atoms with van der Waals surface area (Å²) in [5.74, 6) is 0.112. The van der Waals surface area contributed by atoms with Crippen LogP contribution in [0, 0.1) is 5.41 Å². The van der Waals surface area contributed by atoms with Gasteiger partial charge in [0, 0.05) is 6.04 Å². The number of rotatable bonds is 4. The fourth-order valence-corrected chi connectivity index (χ4v) is 5.34. The standard InChI is InChI=1S/C15H29NO2Si/c1-9-10-12-15(6,11(2)17)13(18)16(12)19(7,8)14(3,4)5/h9,11-12,17H,1,10H2,2-8H3. The highest BCUT2D eigenvalue weighted by atomic mass is 28.3. The second-order valence-electron chi connectivity index (χ2n) is 7.48. The zero-order chi connectivity index (χ0) is 15.2. The van der Waals surface area contributed by atoms with Gasteiger partial charge in [0.05, 0.1) is 11.5 Å². The molecule has 3 atom stereocenters. The Morgan fingerprint density at radius 2 is 2.00 bits per heavy atom. The third-order valence-corrected chi connectivity index (χ3v) is 10.8. The lowest BCUT2D eigenvalue weighted by Crippen LogP contribution is -2.79. The molecule has 0 aromatic heterocycles. The number of carbonyl (C=O) groups is 1. The van der Waals surface area contributed by atoms with E-state index in [1.807, 2.05) is 13.0 Å². The number of hydrogen-bond donors (Lipinski definition) is 1. The van der Waals surface area contributed by atoms with Gasteiger partial charge in [0.2, 0.25) is 5.91 Å². The Labute approximate surface area is 118 Å². The van der Waals surface area contributed by atoms with Crippen molar-refractivity contribution in [1.29, 1.82) is 0 Å². The average Bonchev–Trinajstić information content (AvgIpc) is 2.25. The van der Waals surface area contributed by atoms with E-state index < -0.39 is 19.8 Å². The Morgan fingerprint density at radius 1 is 1.53 bits per heavy atom. The van der Waals surface area contributed by atoms with Crippen molar-refractivity contribution < 1.29 is 9.90 Å². The van der Waals surface area contributed by atoms with Crippen LogP contribution in [0.4, 0.5) is 0 Å². The summed E-state index contributed by atoms with van der Waals surface area (Å²) in [5.41, 5.74) is -0.649. The molecule has 19 heavy (non-hydrogen) atoms. The van der Waals surface area contributed by atoms with E-state index in [4.69, 9.17) is 0 Å². The fourth-order valence-electron chi connectivity index (χ4n) is 2.72. The van der Waals surface area contributed by atoms with Crippen LogP contribution in [-0.4, -0.2) is 36.0 Å². The van der Waals surface area contributed by atoms with Crippen molar-refractivity contribution in [2.75, 3.05) is 0 Å². The molecule has 3 unspecified atom stereocenters. The summed E-state index contributed by atoms with van der Waals surface area (Å²) in [6, 6.07) is 0.0818. The van der Waals surface area contributed by atoms with E-state index >= 15 is 0 Å². The maximum atomic E-state index is 12.7. The van der Waals surface area contributed by atoms with Gasteiger partial charge in [-0.15, -0.1) is 6.58 Å². The van der Waals surface area contributed by atoms with Crippen LogP contribution in [0.5, 0.6) is 0 Å². The Hall–Kier alpha value is -0.613. The fraction of sp³-hybridized carbons (Fsp3) is 0.800. The predicted molar refractivity (Wildman–Crippen MR) is 82.4 cm³/mol. The molecule has 1 rings (SSSR count). The summed E-state index contributed by atoms with van der Waals surface area (Å²) < 4.78 is 2.08. The van der Waals surface area contributed by atoms with Crippen LogP contribution in [-0.2, 0) is 4.79 Å². The Balaban J connectivity index is 3.18. The minimum Gasteiger partial charge on any atom is -0.392 e. The van der Waals surface area contributed by atoms with Gasteiger partial charge >= 0.3 is 0 Å². The van der Waals surface area contributed by atoms with Crippen molar-refractivity contribution in [1.82, 2.24) is 4.57 Å². The Morgan fingerprint density at radius 3 is 2.32 bits per heavy atom. The van der Waals surface area contributed by atoms with Crippen molar-refractivity contribution in [2.45, 2.75) is 71.3 Å². The van der Waals surface area contributed by atoms with E-state index in [9.17, 15) is 9.90 Å². The third kappa shape index (κ3) is 2.19. The van der Waals surface area contributed by atoms with Gasteiger partial charge in [-0.3, -0.25) is 4.79 Å². The van der Waals surface area contributed by atoms with Crippen molar-refractivity contribution in [3.63, 3.8) is 0 Å². The highest BCUT2D eigenvalue weighted by molar-refractivity contribution is 6.80. The van der Waals surface area contributed by atoms with Gasteiger partial charge in [0.25, 0.3) is 0 Å². The maximum absolute atomic E-state index is 12.7. The lowest BCUT2D eigenvalue weighted by molar-refractivity contribution is -0.172. The van der Waals surface area contributed by atoms with Crippen molar-refractivity contribution >= 4 is 14.1 Å². The maximum Gasteiger partial charge on any atom is 0.225 e. The van der Waals surface area contributed by atoms with Gasteiger partial charge in [-0.05, 0) is 25.3 Å². The predicted octanol–water partition coefficient (Wildman–Crippen LogP) is 3.17. The number of amides is 1. The molecule has 1 saturated heterocycles. The minimum absolute atomic E-state index is 0.0818. The highest BCUT2D eigenvalue weighted by Gasteiger charge is 2.64. The molecule has 4 heteroatoms. The van der Waals surface area contributed by atoms with Crippen LogP contribution in [0.25, 0.3) is 0 Å². The summed E-state index contributed by atoms with van der Waals surface area (Å²) in [6.07, 6.45) is 1.99. The molecule has 1 amide bonds. The molecule has 1 aliphatic rings. The molecular weight excluding hydrogens is 254 g/mol. The molecule has 110 valence electrons. The van der Waals surface area contributed by atoms with E-state index in [1.165, 1.54) is 0 Å². The van der Waals surface area contributed by atoms with Gasteiger partial charge in [-0.2, -0.15) is 0 Å². The van der Waals surface area contributed by atoms with Gasteiger partial charge in [0.1, 0.15) is 0 Å². The molecule has 1 fully saturated rings. The van der Waals surface area contributed by atoms with Crippen LogP contribution in [0.1, 0.15) is 41.0 Å². The first kappa shape index (κ1) is 16.4. The van der Waals surface area contributed by atoms with Crippen LogP contribution in [0.3, 0.4) is 0 Å². The lowest BCUT2D eigenvalue weighted by atomic mass is 9.69. The Bertz CT molecular complexity index is 384. The zero-order valence-corrected chi connectivity index (χ0v) is 14.4. The van der Waals surface area contributed by atoms with Crippen molar-refractivity contribution in [2.24, 2.45) is 5.41 Å². The monoisotopic (exact) mass is 283 g/mol. The summed E-state index contributed by atoms with van der Waals surface area (Å²) in [5, 5.41) is 10.1. The summed E-state index contributed by atoms with van der Waals surface area (Å²) in [6.45, 7) is 18.5. The van der Waals surface area contributed by atoms with Crippen molar-refractivity contribution in [3.8, 4) is 0 Å². The van der Waals surface area contributed by atoms with Crippen molar-refractivity contribution in [3.05, 3.63) is 12.7 Å². The zero-order valence-electron chi connectivity index (χ0n) is 13.4. The third-order valence-electron chi connectivity index (χ3n) is 5.38. The van der Waals surface area contributed by atoms with E-state index in [1.54, 1.807) is 6.92 Å². The number of aliphatic hydroxyl groups excluding tert-OH is 1. The number of carbonyl (C=O) groups excluding carboxylic acids is 1. The largest absolute Gasteiger partial charge is 0.392 e. The van der Waals surface area contributed by atoms with Crippen LogP contribution in [0.15, 0.2) is 12.7 Å². The molecule has 1 heterocycles. The first-order chi connectivity index (χ1) is 8.42. The number of hydrogen-bond acceptors (Lipinski definition) is 2. The van der Waals surface area contributed by atoms with Gasteiger partial charge in [-0.1, -0.05) is 39.9 Å². The molecule has 0 aliphatic carbocycles. The highest BCUT2D eigenvalue weighted by Crippen LogP contribution is 2.51. The SMILES string of the molecule is C=CCC1N([Si](C)(C)C(C)(C)C)C(=O)C1(C)C(C)O. The summed E-state index contributed by atoms with van der Waals surface area (Å²) in [7, 11) is -1.89. The molecule has 1 aliphatic heterocycles. The van der Waals surface area contributed by atoms with Gasteiger partial charge < -0.3 is 9.67 Å². The number of β-lactam (4-membered cyclic amide) rings is 1.